The molecule has 144 valence electrons. The Kier molecular flexibility index (Phi) is 5.07. The van der Waals surface area contributed by atoms with E-state index >= 15 is 0 Å². The van der Waals surface area contributed by atoms with Crippen molar-refractivity contribution < 1.29 is 19.1 Å². The van der Waals surface area contributed by atoms with Crippen LogP contribution in [0.15, 0.2) is 18.2 Å². The van der Waals surface area contributed by atoms with Crippen molar-refractivity contribution in [3.05, 3.63) is 29.6 Å². The molecule has 1 aromatic heterocycles. The molecule has 1 atom stereocenters. The Morgan fingerprint density at radius 1 is 1.26 bits per heavy atom. The summed E-state index contributed by atoms with van der Waals surface area (Å²) in [6.07, 6.45) is 0.152. The van der Waals surface area contributed by atoms with Gasteiger partial charge in [-0.2, -0.15) is 5.10 Å². The van der Waals surface area contributed by atoms with Crippen molar-refractivity contribution >= 4 is 23.2 Å². The van der Waals surface area contributed by atoms with E-state index in [1.54, 1.807) is 34.9 Å². The molecule has 0 bridgehead atoms. The number of hydrogen-bond donors (Lipinski definition) is 1. The number of rotatable bonds is 5. The third-order valence-corrected chi connectivity index (χ3v) is 4.93. The van der Waals surface area contributed by atoms with E-state index in [0.717, 1.165) is 11.4 Å². The molecule has 1 N–H and O–H groups in total. The van der Waals surface area contributed by atoms with Crippen molar-refractivity contribution in [2.24, 2.45) is 13.0 Å². The molecule has 1 aliphatic rings. The van der Waals surface area contributed by atoms with Gasteiger partial charge in [-0.1, -0.05) is 0 Å². The first-order valence-electron chi connectivity index (χ1n) is 8.69. The van der Waals surface area contributed by atoms with Crippen LogP contribution in [0.5, 0.6) is 11.5 Å². The summed E-state index contributed by atoms with van der Waals surface area (Å²) in [6.45, 7) is 4.03. The van der Waals surface area contributed by atoms with Crippen LogP contribution in [0, 0.1) is 19.8 Å². The molecule has 8 heteroatoms. The first-order chi connectivity index (χ1) is 12.8. The minimum atomic E-state index is -0.441. The molecule has 3 rings (SSSR count). The molecule has 0 spiro atoms. The van der Waals surface area contributed by atoms with Gasteiger partial charge in [0, 0.05) is 26.1 Å². The van der Waals surface area contributed by atoms with Crippen molar-refractivity contribution in [1.82, 2.24) is 9.78 Å². The van der Waals surface area contributed by atoms with E-state index in [0.29, 0.717) is 29.4 Å². The topological polar surface area (TPSA) is 85.7 Å². The molecule has 27 heavy (non-hydrogen) atoms. The lowest BCUT2D eigenvalue weighted by Crippen LogP contribution is -2.28. The highest BCUT2D eigenvalue weighted by molar-refractivity contribution is 6.04. The minimum Gasteiger partial charge on any atom is -0.497 e. The van der Waals surface area contributed by atoms with E-state index in [2.05, 4.69) is 10.4 Å². The fourth-order valence-electron chi connectivity index (χ4n) is 3.30. The average Bonchev–Trinajstić information content (AvgIpc) is 3.15. The highest BCUT2D eigenvalue weighted by Crippen LogP contribution is 2.36. The number of ether oxygens (including phenoxy) is 2. The van der Waals surface area contributed by atoms with Gasteiger partial charge in [-0.25, -0.2) is 0 Å². The van der Waals surface area contributed by atoms with E-state index in [4.69, 9.17) is 9.47 Å². The van der Waals surface area contributed by atoms with Gasteiger partial charge >= 0.3 is 0 Å². The predicted octanol–water partition coefficient (Wildman–Crippen LogP) is 2.05. The lowest BCUT2D eigenvalue weighted by atomic mass is 10.1. The summed E-state index contributed by atoms with van der Waals surface area (Å²) in [5.74, 6) is 0.431. The Morgan fingerprint density at radius 2 is 2.00 bits per heavy atom. The van der Waals surface area contributed by atoms with Gasteiger partial charge in [0.25, 0.3) is 0 Å². The van der Waals surface area contributed by atoms with Crippen molar-refractivity contribution in [3.63, 3.8) is 0 Å². The zero-order chi connectivity index (χ0) is 19.7. The summed E-state index contributed by atoms with van der Waals surface area (Å²) in [5.41, 5.74) is 2.96. The van der Waals surface area contributed by atoms with Crippen LogP contribution in [0.4, 0.5) is 11.4 Å². The molecule has 2 aromatic rings. The second kappa shape index (κ2) is 7.30. The summed E-state index contributed by atoms with van der Waals surface area (Å²) in [4.78, 5) is 26.9. The van der Waals surface area contributed by atoms with Gasteiger partial charge in [-0.05, 0) is 26.0 Å². The fraction of sp³-hybridized carbons (Fsp3) is 0.421. The summed E-state index contributed by atoms with van der Waals surface area (Å²) in [7, 11) is 4.93. The van der Waals surface area contributed by atoms with Gasteiger partial charge in [0.15, 0.2) is 0 Å². The van der Waals surface area contributed by atoms with Crippen LogP contribution in [0.1, 0.15) is 17.8 Å². The number of amides is 2. The Bertz CT molecular complexity index is 890. The van der Waals surface area contributed by atoms with E-state index in [-0.39, 0.29) is 18.2 Å². The second-order valence-electron chi connectivity index (χ2n) is 6.60. The number of anilines is 2. The van der Waals surface area contributed by atoms with Crippen LogP contribution in [0.25, 0.3) is 0 Å². The quantitative estimate of drug-likeness (QED) is 0.868. The highest BCUT2D eigenvalue weighted by Gasteiger charge is 2.36. The molecule has 2 amide bonds. The maximum Gasteiger partial charge on any atom is 0.229 e. The molecular formula is C19H24N4O4. The summed E-state index contributed by atoms with van der Waals surface area (Å²) >= 11 is 0. The van der Waals surface area contributed by atoms with Gasteiger partial charge in [0.05, 0.1) is 42.9 Å². The van der Waals surface area contributed by atoms with Crippen molar-refractivity contribution in [2.75, 3.05) is 31.0 Å². The maximum absolute atomic E-state index is 12.7. The molecule has 1 aromatic carbocycles. The van der Waals surface area contributed by atoms with Gasteiger partial charge < -0.3 is 19.7 Å². The Hall–Kier alpha value is -3.03. The van der Waals surface area contributed by atoms with Crippen molar-refractivity contribution in [3.8, 4) is 11.5 Å². The van der Waals surface area contributed by atoms with E-state index in [1.807, 2.05) is 20.9 Å². The van der Waals surface area contributed by atoms with Crippen LogP contribution >= 0.6 is 0 Å². The Morgan fingerprint density at radius 3 is 2.59 bits per heavy atom. The number of nitrogens with zero attached hydrogens (tertiary/aromatic N) is 3. The number of nitrogens with one attached hydrogen (secondary N) is 1. The zero-order valence-corrected chi connectivity index (χ0v) is 16.2. The van der Waals surface area contributed by atoms with E-state index < -0.39 is 5.92 Å². The number of carbonyl (C=O) groups excluding carboxylic acids is 2. The van der Waals surface area contributed by atoms with Crippen molar-refractivity contribution in [1.29, 1.82) is 0 Å². The summed E-state index contributed by atoms with van der Waals surface area (Å²) in [5, 5.41) is 7.23. The van der Waals surface area contributed by atoms with Crippen LogP contribution in [-0.2, 0) is 16.6 Å². The SMILES string of the molecule is COc1ccc(N2C[C@H](C(=O)Nc3c(C)nn(C)c3C)CC2=O)c(OC)c1. The van der Waals surface area contributed by atoms with Gasteiger partial charge in [-0.15, -0.1) is 0 Å². The van der Waals surface area contributed by atoms with Crippen LogP contribution in [-0.4, -0.2) is 42.4 Å². The second-order valence-corrected chi connectivity index (χ2v) is 6.60. The largest absolute Gasteiger partial charge is 0.497 e. The van der Waals surface area contributed by atoms with Gasteiger partial charge in [0.2, 0.25) is 11.8 Å². The van der Waals surface area contributed by atoms with E-state index in [9.17, 15) is 9.59 Å². The molecule has 0 aliphatic carbocycles. The predicted molar refractivity (Wildman–Crippen MR) is 101 cm³/mol. The lowest BCUT2D eigenvalue weighted by molar-refractivity contribution is -0.122. The molecule has 0 saturated carbocycles. The van der Waals surface area contributed by atoms with Gasteiger partial charge in [-0.3, -0.25) is 14.3 Å². The molecule has 0 radical (unpaired) electrons. The monoisotopic (exact) mass is 372 g/mol. The third kappa shape index (κ3) is 3.47. The van der Waals surface area contributed by atoms with Crippen LogP contribution < -0.4 is 19.7 Å². The summed E-state index contributed by atoms with van der Waals surface area (Å²) in [6, 6.07) is 5.25. The highest BCUT2D eigenvalue weighted by atomic mass is 16.5. The minimum absolute atomic E-state index is 0.113. The first kappa shape index (κ1) is 18.8. The standard InChI is InChI=1S/C19H24N4O4/c1-11-18(12(2)22(3)21-11)20-19(25)13-8-17(24)23(10-13)15-7-6-14(26-4)9-16(15)27-5/h6-7,9,13H,8,10H2,1-5H3,(H,20,25)/t13-/m1/s1. The molecular weight excluding hydrogens is 348 g/mol. The lowest BCUT2D eigenvalue weighted by Gasteiger charge is -2.20. The smallest absolute Gasteiger partial charge is 0.229 e. The summed E-state index contributed by atoms with van der Waals surface area (Å²) < 4.78 is 12.3. The van der Waals surface area contributed by atoms with Gasteiger partial charge in [0.1, 0.15) is 11.5 Å². The number of benzene rings is 1. The Balaban J connectivity index is 1.78. The molecule has 2 heterocycles. The molecule has 1 aliphatic heterocycles. The Labute approximate surface area is 158 Å². The fourth-order valence-corrected chi connectivity index (χ4v) is 3.30. The number of hydrogen-bond acceptors (Lipinski definition) is 5. The first-order valence-corrected chi connectivity index (χ1v) is 8.69. The van der Waals surface area contributed by atoms with Crippen LogP contribution in [0.3, 0.4) is 0 Å². The average molecular weight is 372 g/mol. The van der Waals surface area contributed by atoms with E-state index in [1.165, 1.54) is 7.11 Å². The normalized spacial score (nSPS) is 16.6. The third-order valence-electron chi connectivity index (χ3n) is 4.93. The number of aryl methyl sites for hydroxylation is 2. The molecule has 1 saturated heterocycles. The maximum atomic E-state index is 12.7. The zero-order valence-electron chi connectivity index (χ0n) is 16.2. The number of aromatic nitrogens is 2. The van der Waals surface area contributed by atoms with Crippen LogP contribution in [0.2, 0.25) is 0 Å². The number of carbonyl (C=O) groups is 2. The number of methoxy groups -OCH3 is 2. The van der Waals surface area contributed by atoms with Crippen molar-refractivity contribution in [2.45, 2.75) is 20.3 Å². The molecule has 1 fully saturated rings. The molecule has 0 unspecified atom stereocenters. The molecule has 8 nitrogen and oxygen atoms in total.